The van der Waals surface area contributed by atoms with Crippen LogP contribution >= 0.6 is 0 Å². The summed E-state index contributed by atoms with van der Waals surface area (Å²) in [5.74, 6) is 0. The molecule has 1 rings (SSSR count). The van der Waals surface area contributed by atoms with E-state index in [1.54, 1.807) is 0 Å². The molecule has 0 aliphatic heterocycles. The fourth-order valence-electron chi connectivity index (χ4n) is 1.70. The molecular weight excluding hydrogens is 196 g/mol. The van der Waals surface area contributed by atoms with Crippen molar-refractivity contribution in [3.8, 4) is 0 Å². The van der Waals surface area contributed by atoms with Gasteiger partial charge in [-0.05, 0) is 36.6 Å². The second-order valence-corrected chi connectivity index (χ2v) is 5.37. The van der Waals surface area contributed by atoms with E-state index >= 15 is 0 Å². The Morgan fingerprint density at radius 1 is 1.19 bits per heavy atom. The molecule has 0 spiro atoms. The van der Waals surface area contributed by atoms with E-state index < -0.39 is 0 Å². The monoisotopic (exact) mass is 220 g/mol. The third-order valence-electron chi connectivity index (χ3n) is 2.91. The first kappa shape index (κ1) is 13.2. The Morgan fingerprint density at radius 3 is 2.19 bits per heavy atom. The molecule has 0 amide bonds. The number of hydrogen-bond donors (Lipinski definition) is 2. The second-order valence-electron chi connectivity index (χ2n) is 5.37. The standard InChI is InChI=1S/C14H24N2/c1-14(2,3)12-7-5-11(6-8-12)13(15)9-10-16-4/h5-8,13,16H,9-10,15H2,1-4H3. The van der Waals surface area contributed by atoms with Gasteiger partial charge in [-0.15, -0.1) is 0 Å². The molecule has 1 aromatic rings. The highest BCUT2D eigenvalue weighted by atomic mass is 14.8. The van der Waals surface area contributed by atoms with Gasteiger partial charge in [0.25, 0.3) is 0 Å². The van der Waals surface area contributed by atoms with Gasteiger partial charge in [-0.2, -0.15) is 0 Å². The minimum Gasteiger partial charge on any atom is -0.324 e. The quantitative estimate of drug-likeness (QED) is 0.818. The van der Waals surface area contributed by atoms with E-state index in [2.05, 4.69) is 50.4 Å². The summed E-state index contributed by atoms with van der Waals surface area (Å²) >= 11 is 0. The van der Waals surface area contributed by atoms with Crippen LogP contribution in [0.15, 0.2) is 24.3 Å². The van der Waals surface area contributed by atoms with Crippen LogP contribution in [0.2, 0.25) is 0 Å². The molecule has 0 aliphatic rings. The molecule has 0 radical (unpaired) electrons. The molecule has 0 fully saturated rings. The van der Waals surface area contributed by atoms with E-state index in [1.165, 1.54) is 11.1 Å². The lowest BCUT2D eigenvalue weighted by atomic mass is 9.86. The van der Waals surface area contributed by atoms with E-state index in [-0.39, 0.29) is 11.5 Å². The lowest BCUT2D eigenvalue weighted by molar-refractivity contribution is 0.586. The van der Waals surface area contributed by atoms with Gasteiger partial charge >= 0.3 is 0 Å². The summed E-state index contributed by atoms with van der Waals surface area (Å²) in [6, 6.07) is 8.83. The molecule has 0 bridgehead atoms. The molecule has 16 heavy (non-hydrogen) atoms. The first-order valence-corrected chi connectivity index (χ1v) is 5.96. The van der Waals surface area contributed by atoms with Crippen molar-refractivity contribution in [2.45, 2.75) is 38.6 Å². The van der Waals surface area contributed by atoms with Crippen molar-refractivity contribution in [3.63, 3.8) is 0 Å². The molecule has 1 unspecified atom stereocenters. The minimum absolute atomic E-state index is 0.140. The summed E-state index contributed by atoms with van der Waals surface area (Å²) in [6.45, 7) is 7.64. The highest BCUT2D eigenvalue weighted by molar-refractivity contribution is 5.29. The first-order valence-electron chi connectivity index (χ1n) is 5.96. The molecule has 0 aromatic heterocycles. The zero-order chi connectivity index (χ0) is 12.2. The van der Waals surface area contributed by atoms with Crippen LogP contribution in [0.1, 0.15) is 44.4 Å². The highest BCUT2D eigenvalue weighted by Crippen LogP contribution is 2.23. The van der Waals surface area contributed by atoms with E-state index in [9.17, 15) is 0 Å². The van der Waals surface area contributed by atoms with Crippen molar-refractivity contribution >= 4 is 0 Å². The first-order chi connectivity index (χ1) is 7.45. The molecule has 3 N–H and O–H groups in total. The summed E-state index contributed by atoms with van der Waals surface area (Å²) in [5.41, 5.74) is 8.90. The van der Waals surface area contributed by atoms with Crippen molar-refractivity contribution in [3.05, 3.63) is 35.4 Å². The van der Waals surface area contributed by atoms with Crippen molar-refractivity contribution in [1.82, 2.24) is 5.32 Å². The maximum Gasteiger partial charge on any atom is 0.0306 e. The molecule has 0 heterocycles. The number of rotatable bonds is 4. The summed E-state index contributed by atoms with van der Waals surface area (Å²) in [5, 5.41) is 3.12. The molecule has 1 atom stereocenters. The Bertz CT molecular complexity index is 309. The van der Waals surface area contributed by atoms with Crippen molar-refractivity contribution in [2.24, 2.45) is 5.73 Å². The van der Waals surface area contributed by atoms with Gasteiger partial charge in [0.05, 0.1) is 0 Å². The van der Waals surface area contributed by atoms with Gasteiger partial charge < -0.3 is 11.1 Å². The molecular formula is C14H24N2. The van der Waals surface area contributed by atoms with E-state index in [4.69, 9.17) is 5.73 Å². The van der Waals surface area contributed by atoms with E-state index in [0.717, 1.165) is 13.0 Å². The normalized spacial score (nSPS) is 13.8. The highest BCUT2D eigenvalue weighted by Gasteiger charge is 2.13. The molecule has 0 saturated heterocycles. The predicted octanol–water partition coefficient (Wildman–Crippen LogP) is 2.59. The Labute approximate surface area is 99.2 Å². The van der Waals surface area contributed by atoms with Crippen LogP contribution in [0, 0.1) is 0 Å². The van der Waals surface area contributed by atoms with Gasteiger partial charge in [0.2, 0.25) is 0 Å². The molecule has 0 aliphatic carbocycles. The van der Waals surface area contributed by atoms with Crippen LogP contribution in [-0.2, 0) is 5.41 Å². The van der Waals surface area contributed by atoms with E-state index in [1.807, 2.05) is 7.05 Å². The number of nitrogens with two attached hydrogens (primary N) is 1. The zero-order valence-corrected chi connectivity index (χ0v) is 10.9. The van der Waals surface area contributed by atoms with Gasteiger partial charge in [0.1, 0.15) is 0 Å². The van der Waals surface area contributed by atoms with Crippen LogP contribution in [-0.4, -0.2) is 13.6 Å². The third-order valence-corrected chi connectivity index (χ3v) is 2.91. The minimum atomic E-state index is 0.140. The third kappa shape index (κ3) is 3.62. The van der Waals surface area contributed by atoms with Gasteiger partial charge in [-0.25, -0.2) is 0 Å². The van der Waals surface area contributed by atoms with Crippen LogP contribution in [0.25, 0.3) is 0 Å². The Hall–Kier alpha value is -0.860. The lowest BCUT2D eigenvalue weighted by Crippen LogP contribution is -2.18. The number of hydrogen-bond acceptors (Lipinski definition) is 2. The molecule has 2 heteroatoms. The maximum absolute atomic E-state index is 6.10. The van der Waals surface area contributed by atoms with Gasteiger partial charge in [0.15, 0.2) is 0 Å². The molecule has 1 aromatic carbocycles. The molecule has 90 valence electrons. The average molecular weight is 220 g/mol. The van der Waals surface area contributed by atoms with Crippen LogP contribution in [0.4, 0.5) is 0 Å². The second kappa shape index (κ2) is 5.46. The fourth-order valence-corrected chi connectivity index (χ4v) is 1.70. The smallest absolute Gasteiger partial charge is 0.0306 e. The van der Waals surface area contributed by atoms with Crippen LogP contribution in [0.5, 0.6) is 0 Å². The lowest BCUT2D eigenvalue weighted by Gasteiger charge is -2.20. The average Bonchev–Trinajstić information content (AvgIpc) is 2.25. The zero-order valence-electron chi connectivity index (χ0n) is 10.9. The van der Waals surface area contributed by atoms with Crippen molar-refractivity contribution in [1.29, 1.82) is 0 Å². The fraction of sp³-hybridized carbons (Fsp3) is 0.571. The van der Waals surface area contributed by atoms with Crippen molar-refractivity contribution < 1.29 is 0 Å². The van der Waals surface area contributed by atoms with Crippen LogP contribution < -0.4 is 11.1 Å². The summed E-state index contributed by atoms with van der Waals surface area (Å²) in [7, 11) is 1.95. The largest absolute Gasteiger partial charge is 0.324 e. The summed E-state index contributed by atoms with van der Waals surface area (Å²) in [6.07, 6.45) is 0.978. The van der Waals surface area contributed by atoms with Gasteiger partial charge in [-0.3, -0.25) is 0 Å². The van der Waals surface area contributed by atoms with Gasteiger partial charge in [-0.1, -0.05) is 45.0 Å². The number of nitrogens with one attached hydrogen (secondary N) is 1. The topological polar surface area (TPSA) is 38.0 Å². The Kier molecular flexibility index (Phi) is 4.51. The number of benzene rings is 1. The maximum atomic E-state index is 6.10. The molecule has 0 saturated carbocycles. The van der Waals surface area contributed by atoms with Crippen LogP contribution in [0.3, 0.4) is 0 Å². The Balaban J connectivity index is 2.71. The van der Waals surface area contributed by atoms with Gasteiger partial charge in [0, 0.05) is 6.04 Å². The summed E-state index contributed by atoms with van der Waals surface area (Å²) in [4.78, 5) is 0. The molecule has 2 nitrogen and oxygen atoms in total. The van der Waals surface area contributed by atoms with Crippen molar-refractivity contribution in [2.75, 3.05) is 13.6 Å². The Morgan fingerprint density at radius 2 is 1.75 bits per heavy atom. The summed E-state index contributed by atoms with van der Waals surface area (Å²) < 4.78 is 0. The van der Waals surface area contributed by atoms with E-state index in [0.29, 0.717) is 0 Å². The predicted molar refractivity (Wildman–Crippen MR) is 70.6 cm³/mol. The SMILES string of the molecule is CNCCC(N)c1ccc(C(C)(C)C)cc1.